The summed E-state index contributed by atoms with van der Waals surface area (Å²) in [5, 5.41) is 3.40. The van der Waals surface area contributed by atoms with Gasteiger partial charge in [-0.05, 0) is 45.5 Å². The lowest BCUT2D eigenvalue weighted by molar-refractivity contribution is 0.0810. The maximum atomic E-state index is 5.64. The van der Waals surface area contributed by atoms with Crippen LogP contribution < -0.4 is 5.32 Å². The fourth-order valence-electron chi connectivity index (χ4n) is 2.78. The molecule has 0 radical (unpaired) electrons. The number of pyridine rings is 1. The number of hydrogen-bond donors (Lipinski definition) is 1. The lowest BCUT2D eigenvalue weighted by Crippen LogP contribution is -2.36. The predicted octanol–water partition coefficient (Wildman–Crippen LogP) is 2.19. The number of hydrogen-bond acceptors (Lipinski definition) is 4. The second-order valence-electron chi connectivity index (χ2n) is 5.64. The fraction of sp³-hybridized carbons (Fsp3) is 0.688. The summed E-state index contributed by atoms with van der Waals surface area (Å²) in [6.07, 6.45) is 2.60. The first kappa shape index (κ1) is 15.4. The second-order valence-corrected chi connectivity index (χ2v) is 5.64. The van der Waals surface area contributed by atoms with Crippen LogP contribution in [0.1, 0.15) is 38.1 Å². The van der Waals surface area contributed by atoms with E-state index < -0.39 is 0 Å². The number of ether oxygens (including phenoxy) is 1. The largest absolute Gasteiger partial charge is 0.377 e. The van der Waals surface area contributed by atoms with E-state index in [9.17, 15) is 0 Å². The van der Waals surface area contributed by atoms with Crippen molar-refractivity contribution in [2.24, 2.45) is 0 Å². The third kappa shape index (κ3) is 4.27. The molecule has 112 valence electrons. The van der Waals surface area contributed by atoms with E-state index in [0.29, 0.717) is 12.1 Å². The van der Waals surface area contributed by atoms with E-state index >= 15 is 0 Å². The number of rotatable bonds is 7. The van der Waals surface area contributed by atoms with Gasteiger partial charge in [-0.15, -0.1) is 0 Å². The van der Waals surface area contributed by atoms with Crippen molar-refractivity contribution < 1.29 is 4.74 Å². The Morgan fingerprint density at radius 3 is 2.90 bits per heavy atom. The minimum atomic E-state index is 0.328. The van der Waals surface area contributed by atoms with Crippen LogP contribution in [-0.4, -0.2) is 42.2 Å². The van der Waals surface area contributed by atoms with E-state index in [-0.39, 0.29) is 0 Å². The van der Waals surface area contributed by atoms with Gasteiger partial charge in [0.25, 0.3) is 0 Å². The van der Waals surface area contributed by atoms with Gasteiger partial charge in [-0.3, -0.25) is 9.88 Å². The Morgan fingerprint density at radius 2 is 2.20 bits per heavy atom. The molecule has 1 saturated heterocycles. The van der Waals surface area contributed by atoms with Gasteiger partial charge in [0.1, 0.15) is 0 Å². The summed E-state index contributed by atoms with van der Waals surface area (Å²) < 4.78 is 5.64. The molecule has 1 aromatic rings. The Balaban J connectivity index is 1.90. The molecule has 2 rings (SSSR count). The van der Waals surface area contributed by atoms with Crippen LogP contribution in [0.15, 0.2) is 18.2 Å². The van der Waals surface area contributed by atoms with Gasteiger partial charge in [0.15, 0.2) is 0 Å². The molecule has 0 saturated carbocycles. The van der Waals surface area contributed by atoms with Crippen LogP contribution in [0.5, 0.6) is 0 Å². The minimum absolute atomic E-state index is 0.328. The summed E-state index contributed by atoms with van der Waals surface area (Å²) in [4.78, 5) is 7.10. The van der Waals surface area contributed by atoms with Crippen molar-refractivity contribution in [1.29, 1.82) is 0 Å². The molecule has 0 spiro atoms. The number of nitrogens with zero attached hydrogens (tertiary/aromatic N) is 2. The molecule has 0 bridgehead atoms. The van der Waals surface area contributed by atoms with Crippen molar-refractivity contribution in [3.05, 3.63) is 29.6 Å². The summed E-state index contributed by atoms with van der Waals surface area (Å²) in [6.45, 7) is 8.00. The lowest BCUT2D eigenvalue weighted by atomic mass is 10.1. The van der Waals surface area contributed by atoms with Gasteiger partial charge in [-0.1, -0.05) is 13.0 Å². The molecular weight excluding hydrogens is 250 g/mol. The highest BCUT2D eigenvalue weighted by Crippen LogP contribution is 2.19. The summed E-state index contributed by atoms with van der Waals surface area (Å²) in [5.41, 5.74) is 2.27. The van der Waals surface area contributed by atoms with Crippen molar-refractivity contribution in [2.45, 2.75) is 51.9 Å². The van der Waals surface area contributed by atoms with Gasteiger partial charge in [0.2, 0.25) is 0 Å². The Labute approximate surface area is 122 Å². The zero-order valence-electron chi connectivity index (χ0n) is 12.9. The highest BCUT2D eigenvalue weighted by Gasteiger charge is 2.27. The minimum Gasteiger partial charge on any atom is -0.377 e. The monoisotopic (exact) mass is 277 g/mol. The maximum absolute atomic E-state index is 5.64. The van der Waals surface area contributed by atoms with E-state index in [1.807, 2.05) is 0 Å². The summed E-state index contributed by atoms with van der Waals surface area (Å²) >= 11 is 0. The van der Waals surface area contributed by atoms with Crippen LogP contribution in [0.25, 0.3) is 0 Å². The highest BCUT2D eigenvalue weighted by atomic mass is 16.5. The van der Waals surface area contributed by atoms with Crippen LogP contribution in [0, 0.1) is 0 Å². The molecule has 0 aromatic carbocycles. The number of nitrogens with one attached hydrogen (secondary N) is 1. The first-order valence-corrected chi connectivity index (χ1v) is 7.68. The quantitative estimate of drug-likeness (QED) is 0.775. The van der Waals surface area contributed by atoms with E-state index in [1.54, 1.807) is 0 Å². The van der Waals surface area contributed by atoms with Crippen molar-refractivity contribution in [3.63, 3.8) is 0 Å². The van der Waals surface area contributed by atoms with Gasteiger partial charge >= 0.3 is 0 Å². The Morgan fingerprint density at radius 1 is 1.40 bits per heavy atom. The lowest BCUT2D eigenvalue weighted by Gasteiger charge is -2.26. The average Bonchev–Trinajstić information content (AvgIpc) is 2.86. The Hall–Kier alpha value is -0.970. The van der Waals surface area contributed by atoms with Gasteiger partial charge in [0, 0.05) is 25.7 Å². The molecule has 4 heteroatoms. The standard InChI is InChI=1S/C16H27N3O/c1-4-9-17-11-14-6-5-7-15(18-14)12-19(3)16-8-10-20-13(16)2/h5-7,13,16-17H,4,8-12H2,1-3H3. The maximum Gasteiger partial charge on any atom is 0.0703 e. The van der Waals surface area contributed by atoms with Crippen LogP contribution in [0.3, 0.4) is 0 Å². The molecule has 1 aromatic heterocycles. The van der Waals surface area contributed by atoms with E-state index in [2.05, 4.69) is 49.3 Å². The molecule has 1 N–H and O–H groups in total. The van der Waals surface area contributed by atoms with Crippen molar-refractivity contribution in [3.8, 4) is 0 Å². The summed E-state index contributed by atoms with van der Waals surface area (Å²) in [5.74, 6) is 0. The zero-order chi connectivity index (χ0) is 14.4. The van der Waals surface area contributed by atoms with E-state index in [0.717, 1.165) is 50.5 Å². The SMILES string of the molecule is CCCNCc1cccc(CN(C)C2CCOC2C)n1. The zero-order valence-corrected chi connectivity index (χ0v) is 12.9. The van der Waals surface area contributed by atoms with Crippen molar-refractivity contribution in [2.75, 3.05) is 20.2 Å². The summed E-state index contributed by atoms with van der Waals surface area (Å²) in [6, 6.07) is 6.82. The molecule has 2 heterocycles. The molecule has 1 aliphatic rings. The number of aromatic nitrogens is 1. The molecule has 0 amide bonds. The fourth-order valence-corrected chi connectivity index (χ4v) is 2.78. The molecular formula is C16H27N3O. The second kappa shape index (κ2) is 7.72. The average molecular weight is 277 g/mol. The molecule has 2 unspecified atom stereocenters. The molecule has 4 nitrogen and oxygen atoms in total. The van der Waals surface area contributed by atoms with Gasteiger partial charge in [-0.25, -0.2) is 0 Å². The summed E-state index contributed by atoms with van der Waals surface area (Å²) in [7, 11) is 2.17. The van der Waals surface area contributed by atoms with Gasteiger partial charge in [0.05, 0.1) is 17.5 Å². The molecule has 20 heavy (non-hydrogen) atoms. The Bertz CT molecular complexity index is 410. The third-order valence-corrected chi connectivity index (χ3v) is 3.91. The van der Waals surface area contributed by atoms with Crippen LogP contribution >= 0.6 is 0 Å². The Kier molecular flexibility index (Phi) is 5.95. The van der Waals surface area contributed by atoms with Crippen molar-refractivity contribution >= 4 is 0 Å². The third-order valence-electron chi connectivity index (χ3n) is 3.91. The van der Waals surface area contributed by atoms with Crippen LogP contribution in [0.4, 0.5) is 0 Å². The van der Waals surface area contributed by atoms with Crippen molar-refractivity contribution in [1.82, 2.24) is 15.2 Å². The highest BCUT2D eigenvalue weighted by molar-refractivity contribution is 5.11. The van der Waals surface area contributed by atoms with E-state index in [1.165, 1.54) is 0 Å². The molecule has 1 aliphatic heterocycles. The van der Waals surface area contributed by atoms with Crippen LogP contribution in [-0.2, 0) is 17.8 Å². The molecule has 1 fully saturated rings. The first-order chi connectivity index (χ1) is 9.70. The topological polar surface area (TPSA) is 37.4 Å². The molecule has 0 aliphatic carbocycles. The van der Waals surface area contributed by atoms with E-state index in [4.69, 9.17) is 9.72 Å². The van der Waals surface area contributed by atoms with Gasteiger partial charge < -0.3 is 10.1 Å². The normalized spacial score (nSPS) is 22.6. The smallest absolute Gasteiger partial charge is 0.0703 e. The first-order valence-electron chi connectivity index (χ1n) is 7.68. The van der Waals surface area contributed by atoms with Crippen LogP contribution in [0.2, 0.25) is 0 Å². The predicted molar refractivity (Wildman–Crippen MR) is 81.5 cm³/mol. The molecule has 2 atom stereocenters. The number of likely N-dealkylation sites (N-methyl/N-ethyl adjacent to an activating group) is 1. The van der Waals surface area contributed by atoms with Gasteiger partial charge in [-0.2, -0.15) is 0 Å².